The molecule has 1 N–H and O–H groups in total. The normalized spacial score (nSPS) is 10.2. The van der Waals surface area contributed by atoms with Crippen molar-refractivity contribution in [1.82, 2.24) is 0 Å². The van der Waals surface area contributed by atoms with Crippen molar-refractivity contribution >= 4 is 33.1 Å². The molecular weight excluding hydrogens is 210 g/mol. The van der Waals surface area contributed by atoms with E-state index in [2.05, 4.69) is 21.5 Å². The third-order valence-corrected chi connectivity index (χ3v) is 3.01. The van der Waals surface area contributed by atoms with Gasteiger partial charge in [0.25, 0.3) is 0 Å². The molecule has 15 heavy (non-hydrogen) atoms. The number of rotatable bonds is 3. The Morgan fingerprint density at radius 1 is 1.47 bits per heavy atom. The van der Waals surface area contributed by atoms with Crippen LogP contribution in [-0.2, 0) is 9.53 Å². The first-order chi connectivity index (χ1) is 7.29. The molecule has 1 aromatic heterocycles. The molecule has 0 fully saturated rings. The number of anilines is 1. The maximum Gasteiger partial charge on any atom is 0.325 e. The fourth-order valence-electron chi connectivity index (χ4n) is 1.32. The van der Waals surface area contributed by atoms with Crippen molar-refractivity contribution in [3.05, 3.63) is 29.6 Å². The molecule has 1 aromatic carbocycles. The van der Waals surface area contributed by atoms with E-state index in [1.54, 1.807) is 11.3 Å². The quantitative estimate of drug-likeness (QED) is 0.809. The highest BCUT2D eigenvalue weighted by Gasteiger charge is 2.00. The molecule has 3 nitrogen and oxygen atoms in total. The molecule has 0 radical (unpaired) electrons. The van der Waals surface area contributed by atoms with Crippen LogP contribution in [0.25, 0.3) is 10.1 Å². The van der Waals surface area contributed by atoms with E-state index in [-0.39, 0.29) is 12.5 Å². The molecule has 0 amide bonds. The average Bonchev–Trinajstić information content (AvgIpc) is 2.72. The summed E-state index contributed by atoms with van der Waals surface area (Å²) in [7, 11) is 1.38. The van der Waals surface area contributed by atoms with Crippen LogP contribution in [0.1, 0.15) is 0 Å². The first-order valence-corrected chi connectivity index (χ1v) is 5.45. The van der Waals surface area contributed by atoms with Crippen molar-refractivity contribution in [2.75, 3.05) is 19.0 Å². The van der Waals surface area contributed by atoms with Gasteiger partial charge in [0.15, 0.2) is 0 Å². The van der Waals surface area contributed by atoms with E-state index in [4.69, 9.17) is 0 Å². The van der Waals surface area contributed by atoms with Crippen LogP contribution in [0.2, 0.25) is 0 Å². The number of fused-ring (bicyclic) bond motifs is 1. The lowest BCUT2D eigenvalue weighted by Gasteiger charge is -2.04. The first kappa shape index (κ1) is 9.98. The van der Waals surface area contributed by atoms with Gasteiger partial charge in [0.1, 0.15) is 6.54 Å². The largest absolute Gasteiger partial charge is 0.468 e. The molecule has 1 heterocycles. The molecule has 0 saturated carbocycles. The number of thiophene rings is 1. The highest BCUT2D eigenvalue weighted by molar-refractivity contribution is 7.17. The number of carbonyl (C=O) groups excluding carboxylic acids is 1. The minimum atomic E-state index is -0.264. The average molecular weight is 221 g/mol. The number of benzene rings is 1. The Morgan fingerprint density at radius 2 is 2.33 bits per heavy atom. The van der Waals surface area contributed by atoms with Crippen molar-refractivity contribution in [2.45, 2.75) is 0 Å². The van der Waals surface area contributed by atoms with Crippen LogP contribution in [-0.4, -0.2) is 19.6 Å². The van der Waals surface area contributed by atoms with Crippen LogP contribution in [0.3, 0.4) is 0 Å². The van der Waals surface area contributed by atoms with Gasteiger partial charge < -0.3 is 10.1 Å². The van der Waals surface area contributed by atoms with Crippen LogP contribution >= 0.6 is 11.3 Å². The number of hydrogen-bond donors (Lipinski definition) is 1. The van der Waals surface area contributed by atoms with Crippen molar-refractivity contribution < 1.29 is 9.53 Å². The van der Waals surface area contributed by atoms with E-state index in [9.17, 15) is 4.79 Å². The predicted octanol–water partition coefficient (Wildman–Crippen LogP) is 2.49. The van der Waals surface area contributed by atoms with Crippen LogP contribution in [0.4, 0.5) is 5.69 Å². The summed E-state index contributed by atoms with van der Waals surface area (Å²) < 4.78 is 5.79. The summed E-state index contributed by atoms with van der Waals surface area (Å²) in [6.45, 7) is 0.201. The summed E-state index contributed by atoms with van der Waals surface area (Å²) in [5.41, 5.74) is 0.936. The Kier molecular flexibility index (Phi) is 2.87. The number of nitrogens with one attached hydrogen (secondary N) is 1. The Hall–Kier alpha value is -1.55. The van der Waals surface area contributed by atoms with E-state index in [1.807, 2.05) is 18.2 Å². The van der Waals surface area contributed by atoms with E-state index < -0.39 is 0 Å². The number of methoxy groups -OCH3 is 1. The summed E-state index contributed by atoms with van der Waals surface area (Å²) in [5, 5.41) is 6.25. The van der Waals surface area contributed by atoms with Crippen LogP contribution in [0.5, 0.6) is 0 Å². The minimum absolute atomic E-state index is 0.201. The lowest BCUT2D eigenvalue weighted by molar-refractivity contribution is -0.138. The second-order valence-electron chi connectivity index (χ2n) is 3.10. The highest BCUT2D eigenvalue weighted by atomic mass is 32.1. The van der Waals surface area contributed by atoms with Gasteiger partial charge >= 0.3 is 5.97 Å². The molecule has 0 unspecified atom stereocenters. The topological polar surface area (TPSA) is 38.3 Å². The van der Waals surface area contributed by atoms with Gasteiger partial charge in [-0.2, -0.15) is 0 Å². The summed E-state index contributed by atoms with van der Waals surface area (Å²) in [4.78, 5) is 10.9. The second kappa shape index (κ2) is 4.31. The first-order valence-electron chi connectivity index (χ1n) is 4.57. The summed E-state index contributed by atoms with van der Waals surface area (Å²) in [6, 6.07) is 8.08. The van der Waals surface area contributed by atoms with Crippen LogP contribution in [0, 0.1) is 0 Å². The van der Waals surface area contributed by atoms with Gasteiger partial charge in [-0.25, -0.2) is 0 Å². The molecule has 0 aliphatic heterocycles. The number of hydrogen-bond acceptors (Lipinski definition) is 4. The molecule has 78 valence electrons. The van der Waals surface area contributed by atoms with Gasteiger partial charge in [0.2, 0.25) is 0 Å². The van der Waals surface area contributed by atoms with Crippen molar-refractivity contribution in [3.8, 4) is 0 Å². The number of esters is 1. The Labute approximate surface area is 91.7 Å². The minimum Gasteiger partial charge on any atom is -0.468 e. The van der Waals surface area contributed by atoms with Gasteiger partial charge in [-0.3, -0.25) is 4.79 Å². The molecule has 2 aromatic rings. The molecule has 2 rings (SSSR count). The maximum absolute atomic E-state index is 10.9. The zero-order chi connectivity index (χ0) is 10.7. The van der Waals surface area contributed by atoms with Crippen molar-refractivity contribution in [1.29, 1.82) is 0 Å². The van der Waals surface area contributed by atoms with Crippen LogP contribution < -0.4 is 5.32 Å². The molecule has 0 spiro atoms. The smallest absolute Gasteiger partial charge is 0.325 e. The molecule has 0 aliphatic carbocycles. The zero-order valence-corrected chi connectivity index (χ0v) is 9.14. The zero-order valence-electron chi connectivity index (χ0n) is 8.32. The Bertz CT molecular complexity index is 478. The fourth-order valence-corrected chi connectivity index (χ4v) is 2.09. The van der Waals surface area contributed by atoms with Crippen molar-refractivity contribution in [2.24, 2.45) is 0 Å². The van der Waals surface area contributed by atoms with E-state index in [0.717, 1.165) is 5.69 Å². The molecular formula is C11H11NO2S. The highest BCUT2D eigenvalue weighted by Crippen LogP contribution is 2.23. The van der Waals surface area contributed by atoms with Gasteiger partial charge in [0.05, 0.1) is 7.11 Å². The van der Waals surface area contributed by atoms with Gasteiger partial charge in [-0.15, -0.1) is 11.3 Å². The summed E-state index contributed by atoms with van der Waals surface area (Å²) >= 11 is 1.71. The predicted molar refractivity (Wildman–Crippen MR) is 62.3 cm³/mol. The van der Waals surface area contributed by atoms with Crippen molar-refractivity contribution in [3.63, 3.8) is 0 Å². The third kappa shape index (κ3) is 2.27. The summed E-state index contributed by atoms with van der Waals surface area (Å²) in [5.74, 6) is -0.264. The number of carbonyl (C=O) groups is 1. The molecule has 0 saturated heterocycles. The molecule has 0 atom stereocenters. The molecule has 0 aliphatic rings. The van der Waals surface area contributed by atoms with Crippen LogP contribution in [0.15, 0.2) is 29.6 Å². The van der Waals surface area contributed by atoms with Gasteiger partial charge in [0, 0.05) is 10.4 Å². The molecule has 4 heteroatoms. The Morgan fingerprint density at radius 3 is 3.13 bits per heavy atom. The molecule has 0 bridgehead atoms. The van der Waals surface area contributed by atoms with E-state index >= 15 is 0 Å². The monoisotopic (exact) mass is 221 g/mol. The standard InChI is InChI=1S/C11H11NO2S/c1-14-11(13)7-12-9-2-3-10-8(6-9)4-5-15-10/h2-6,12H,7H2,1H3. The van der Waals surface area contributed by atoms with E-state index in [0.29, 0.717) is 0 Å². The number of ether oxygens (including phenoxy) is 1. The van der Waals surface area contributed by atoms with E-state index in [1.165, 1.54) is 17.2 Å². The lowest BCUT2D eigenvalue weighted by Crippen LogP contribution is -2.14. The lowest BCUT2D eigenvalue weighted by atomic mass is 10.2. The maximum atomic E-state index is 10.9. The fraction of sp³-hybridized carbons (Fsp3) is 0.182. The van der Waals surface area contributed by atoms with Gasteiger partial charge in [-0.1, -0.05) is 0 Å². The van der Waals surface area contributed by atoms with Gasteiger partial charge in [-0.05, 0) is 35.0 Å². The summed E-state index contributed by atoms with van der Waals surface area (Å²) in [6.07, 6.45) is 0. The third-order valence-electron chi connectivity index (χ3n) is 2.12. The second-order valence-corrected chi connectivity index (χ2v) is 4.05. The Balaban J connectivity index is 2.11. The SMILES string of the molecule is COC(=O)CNc1ccc2sccc2c1.